The molecule has 3 aliphatic rings. The Morgan fingerprint density at radius 3 is 3.05 bits per heavy atom. The first kappa shape index (κ1) is 13.6. The number of para-hydroxylation sites is 1. The molecule has 3 aliphatic heterocycles. The minimum absolute atomic E-state index is 0.466. The standard InChI is InChI=1S/C18H26N2O/c1-13-5-2-6-14-15(7-4-12-21-18(13)14)19-16-9-11-20-10-3-8-17(16)20/h2,5-6,15-17,19H,3-4,7-12H2,1H3. The highest BCUT2D eigenvalue weighted by Gasteiger charge is 2.38. The minimum atomic E-state index is 0.466. The number of aryl methyl sites for hydroxylation is 1. The third kappa shape index (κ3) is 2.47. The summed E-state index contributed by atoms with van der Waals surface area (Å²) in [6.07, 6.45) is 6.41. The summed E-state index contributed by atoms with van der Waals surface area (Å²) in [6, 6.07) is 8.51. The van der Waals surface area contributed by atoms with Crippen LogP contribution in [0.4, 0.5) is 0 Å². The van der Waals surface area contributed by atoms with Gasteiger partial charge in [-0.25, -0.2) is 0 Å². The summed E-state index contributed by atoms with van der Waals surface area (Å²) < 4.78 is 6.01. The number of nitrogens with zero attached hydrogens (tertiary/aromatic N) is 1. The number of ether oxygens (including phenoxy) is 1. The highest BCUT2D eigenvalue weighted by Crippen LogP contribution is 2.36. The van der Waals surface area contributed by atoms with Crippen LogP contribution in [0.3, 0.4) is 0 Å². The Labute approximate surface area is 127 Å². The second-order valence-corrected chi connectivity index (χ2v) is 6.84. The molecule has 3 unspecified atom stereocenters. The molecule has 3 atom stereocenters. The second-order valence-electron chi connectivity index (χ2n) is 6.84. The van der Waals surface area contributed by atoms with Gasteiger partial charge in [0.2, 0.25) is 0 Å². The van der Waals surface area contributed by atoms with Crippen LogP contribution in [0.15, 0.2) is 18.2 Å². The van der Waals surface area contributed by atoms with Crippen LogP contribution in [0.2, 0.25) is 0 Å². The Balaban J connectivity index is 1.56. The van der Waals surface area contributed by atoms with Gasteiger partial charge >= 0.3 is 0 Å². The van der Waals surface area contributed by atoms with Crippen LogP contribution < -0.4 is 10.1 Å². The SMILES string of the molecule is Cc1cccc2c1OCCCC2NC1CCN2CCCC12. The molecular formula is C18H26N2O. The molecule has 1 aromatic rings. The molecule has 1 aromatic carbocycles. The summed E-state index contributed by atoms with van der Waals surface area (Å²) in [5, 5.41) is 3.99. The van der Waals surface area contributed by atoms with E-state index in [1.807, 2.05) is 0 Å². The Morgan fingerprint density at radius 2 is 2.10 bits per heavy atom. The summed E-state index contributed by atoms with van der Waals surface area (Å²) >= 11 is 0. The van der Waals surface area contributed by atoms with Crippen LogP contribution in [0.1, 0.15) is 49.3 Å². The van der Waals surface area contributed by atoms with Gasteiger partial charge in [0, 0.05) is 30.2 Å². The molecule has 3 heterocycles. The average molecular weight is 286 g/mol. The van der Waals surface area contributed by atoms with Crippen molar-refractivity contribution in [3.05, 3.63) is 29.3 Å². The third-order valence-electron chi connectivity index (χ3n) is 5.52. The number of fused-ring (bicyclic) bond motifs is 2. The molecule has 114 valence electrons. The van der Waals surface area contributed by atoms with Gasteiger partial charge in [0.15, 0.2) is 0 Å². The zero-order valence-electron chi connectivity index (χ0n) is 13.0. The summed E-state index contributed by atoms with van der Waals surface area (Å²) in [4.78, 5) is 2.68. The van der Waals surface area contributed by atoms with Crippen molar-refractivity contribution >= 4 is 0 Å². The van der Waals surface area contributed by atoms with E-state index in [1.165, 1.54) is 49.9 Å². The number of benzene rings is 1. The quantitative estimate of drug-likeness (QED) is 0.904. The van der Waals surface area contributed by atoms with Gasteiger partial charge < -0.3 is 10.1 Å². The average Bonchev–Trinajstić information content (AvgIpc) is 3.02. The van der Waals surface area contributed by atoms with Gasteiger partial charge in [-0.1, -0.05) is 18.2 Å². The van der Waals surface area contributed by atoms with Crippen molar-refractivity contribution in [3.8, 4) is 5.75 Å². The molecule has 4 rings (SSSR count). The van der Waals surface area contributed by atoms with Crippen LogP contribution >= 0.6 is 0 Å². The van der Waals surface area contributed by atoms with Crippen LogP contribution in [0, 0.1) is 6.92 Å². The lowest BCUT2D eigenvalue weighted by Gasteiger charge is -2.27. The fourth-order valence-corrected chi connectivity index (χ4v) is 4.47. The van der Waals surface area contributed by atoms with E-state index in [-0.39, 0.29) is 0 Å². The van der Waals surface area contributed by atoms with Crippen molar-refractivity contribution < 1.29 is 4.74 Å². The van der Waals surface area contributed by atoms with Crippen molar-refractivity contribution in [1.29, 1.82) is 0 Å². The Morgan fingerprint density at radius 1 is 1.14 bits per heavy atom. The van der Waals surface area contributed by atoms with Crippen LogP contribution in [-0.2, 0) is 0 Å². The van der Waals surface area contributed by atoms with Crippen molar-refractivity contribution in [2.75, 3.05) is 19.7 Å². The summed E-state index contributed by atoms with van der Waals surface area (Å²) in [5.74, 6) is 1.13. The van der Waals surface area contributed by atoms with Crippen molar-refractivity contribution in [3.63, 3.8) is 0 Å². The molecule has 1 N–H and O–H groups in total. The largest absolute Gasteiger partial charge is 0.493 e. The van der Waals surface area contributed by atoms with E-state index < -0.39 is 0 Å². The Hall–Kier alpha value is -1.06. The molecule has 21 heavy (non-hydrogen) atoms. The lowest BCUT2D eigenvalue weighted by Crippen LogP contribution is -2.41. The van der Waals surface area contributed by atoms with E-state index in [2.05, 4.69) is 35.3 Å². The summed E-state index contributed by atoms with van der Waals surface area (Å²) in [6.45, 7) is 5.62. The highest BCUT2D eigenvalue weighted by molar-refractivity contribution is 5.43. The monoisotopic (exact) mass is 286 g/mol. The van der Waals surface area contributed by atoms with Crippen LogP contribution in [-0.4, -0.2) is 36.7 Å². The second kappa shape index (κ2) is 5.62. The molecule has 0 radical (unpaired) electrons. The van der Waals surface area contributed by atoms with E-state index in [4.69, 9.17) is 4.74 Å². The lowest BCUT2D eigenvalue weighted by molar-refractivity contribution is 0.284. The number of nitrogens with one attached hydrogen (secondary N) is 1. The predicted molar refractivity (Wildman–Crippen MR) is 84.8 cm³/mol. The fraction of sp³-hybridized carbons (Fsp3) is 0.667. The van der Waals surface area contributed by atoms with Gasteiger partial charge in [-0.3, -0.25) is 4.90 Å². The molecule has 3 nitrogen and oxygen atoms in total. The zero-order valence-corrected chi connectivity index (χ0v) is 13.0. The molecule has 0 spiro atoms. The van der Waals surface area contributed by atoms with Crippen molar-refractivity contribution in [2.24, 2.45) is 0 Å². The number of hydrogen-bond donors (Lipinski definition) is 1. The van der Waals surface area contributed by atoms with Crippen molar-refractivity contribution in [2.45, 2.75) is 57.2 Å². The molecular weight excluding hydrogens is 260 g/mol. The van der Waals surface area contributed by atoms with Crippen molar-refractivity contribution in [1.82, 2.24) is 10.2 Å². The molecule has 0 saturated carbocycles. The van der Waals surface area contributed by atoms with E-state index in [9.17, 15) is 0 Å². The third-order valence-corrected chi connectivity index (χ3v) is 5.52. The first-order valence-electron chi connectivity index (χ1n) is 8.55. The topological polar surface area (TPSA) is 24.5 Å². The van der Waals surface area contributed by atoms with Crippen LogP contribution in [0.5, 0.6) is 5.75 Å². The predicted octanol–water partition coefficient (Wildman–Crippen LogP) is 3.04. The van der Waals surface area contributed by atoms with E-state index in [0.717, 1.165) is 24.8 Å². The molecule has 3 heteroatoms. The summed E-state index contributed by atoms with van der Waals surface area (Å²) in [5.41, 5.74) is 2.65. The van der Waals surface area contributed by atoms with Crippen LogP contribution in [0.25, 0.3) is 0 Å². The molecule has 0 amide bonds. The molecule has 2 fully saturated rings. The van der Waals surface area contributed by atoms with Gasteiger partial charge in [-0.05, 0) is 51.1 Å². The normalized spacial score (nSPS) is 32.3. The number of hydrogen-bond acceptors (Lipinski definition) is 3. The highest BCUT2D eigenvalue weighted by atomic mass is 16.5. The van der Waals surface area contributed by atoms with Gasteiger partial charge in [0.25, 0.3) is 0 Å². The maximum absolute atomic E-state index is 6.01. The molecule has 0 bridgehead atoms. The summed E-state index contributed by atoms with van der Waals surface area (Å²) in [7, 11) is 0. The smallest absolute Gasteiger partial charge is 0.126 e. The van der Waals surface area contributed by atoms with Gasteiger partial charge in [0.1, 0.15) is 5.75 Å². The van der Waals surface area contributed by atoms with E-state index >= 15 is 0 Å². The molecule has 2 saturated heterocycles. The van der Waals surface area contributed by atoms with Gasteiger partial charge in [-0.2, -0.15) is 0 Å². The van der Waals surface area contributed by atoms with E-state index in [1.54, 1.807) is 0 Å². The maximum Gasteiger partial charge on any atom is 0.126 e. The van der Waals surface area contributed by atoms with E-state index in [0.29, 0.717) is 12.1 Å². The van der Waals surface area contributed by atoms with Gasteiger partial charge in [-0.15, -0.1) is 0 Å². The zero-order chi connectivity index (χ0) is 14.2. The fourth-order valence-electron chi connectivity index (χ4n) is 4.47. The Kier molecular flexibility index (Phi) is 3.64. The molecule has 0 aliphatic carbocycles. The first-order valence-corrected chi connectivity index (χ1v) is 8.55. The maximum atomic E-state index is 6.01. The molecule has 0 aromatic heterocycles. The number of rotatable bonds is 2. The first-order chi connectivity index (χ1) is 10.3. The Bertz CT molecular complexity index is 516. The minimum Gasteiger partial charge on any atom is -0.493 e. The van der Waals surface area contributed by atoms with Gasteiger partial charge in [0.05, 0.1) is 6.61 Å². The lowest BCUT2D eigenvalue weighted by atomic mass is 9.97.